The molecule has 2 aliphatic heterocycles. The van der Waals surface area contributed by atoms with Crippen LogP contribution in [-0.4, -0.2) is 63.5 Å². The van der Waals surface area contributed by atoms with Crippen molar-refractivity contribution in [2.24, 2.45) is 5.41 Å². The number of carbonyl (C=O) groups is 1. The number of aliphatic hydroxyl groups excluding tert-OH is 1. The van der Waals surface area contributed by atoms with Gasteiger partial charge in [-0.25, -0.2) is 9.97 Å². The Morgan fingerprint density at radius 2 is 2.00 bits per heavy atom. The summed E-state index contributed by atoms with van der Waals surface area (Å²) in [7, 11) is 0. The number of aliphatic hydroxyl groups is 2. The normalized spacial score (nSPS) is 22.0. The number of anilines is 2. The number of ether oxygens (including phenoxy) is 1. The van der Waals surface area contributed by atoms with E-state index in [4.69, 9.17) is 4.74 Å². The van der Waals surface area contributed by atoms with Gasteiger partial charge in [-0.05, 0) is 67.3 Å². The van der Waals surface area contributed by atoms with Gasteiger partial charge >= 0.3 is 0 Å². The minimum Gasteiger partial charge on any atom is -0.503 e. The van der Waals surface area contributed by atoms with Crippen LogP contribution in [0.15, 0.2) is 24.7 Å². The molecule has 0 bridgehead atoms. The number of phenolic OH excluding ortho intramolecular Hbond substituents is 1. The van der Waals surface area contributed by atoms with Crippen LogP contribution in [0.5, 0.6) is 11.5 Å². The summed E-state index contributed by atoms with van der Waals surface area (Å²) in [4.78, 5) is 25.5. The Hall–Kier alpha value is -2.70. The Morgan fingerprint density at radius 3 is 2.68 bits per heavy atom. The van der Waals surface area contributed by atoms with E-state index in [2.05, 4.69) is 37.5 Å². The first-order valence-electron chi connectivity index (χ1n) is 13.0. The maximum Gasteiger partial charge on any atom is 0.183 e. The van der Waals surface area contributed by atoms with Gasteiger partial charge in [-0.2, -0.15) is 0 Å². The molecular formula is C28H31IN4O5. The van der Waals surface area contributed by atoms with Gasteiger partial charge in [0, 0.05) is 56.8 Å². The lowest BCUT2D eigenvalue weighted by Gasteiger charge is -2.40. The third-order valence-corrected chi connectivity index (χ3v) is 9.07. The van der Waals surface area contributed by atoms with E-state index in [0.29, 0.717) is 49.2 Å². The summed E-state index contributed by atoms with van der Waals surface area (Å²) in [5, 5.41) is 34.1. The van der Waals surface area contributed by atoms with Crippen molar-refractivity contribution in [1.29, 1.82) is 0 Å². The Balaban J connectivity index is 1.57. The molecule has 1 aliphatic carbocycles. The van der Waals surface area contributed by atoms with Gasteiger partial charge in [-0.3, -0.25) is 4.79 Å². The lowest BCUT2D eigenvalue weighted by atomic mass is 9.92. The number of nitrogens with zero attached hydrogens (tertiary/aromatic N) is 4. The van der Waals surface area contributed by atoms with E-state index in [9.17, 15) is 20.1 Å². The molecule has 3 aliphatic rings. The van der Waals surface area contributed by atoms with Gasteiger partial charge in [0.25, 0.3) is 0 Å². The first-order valence-corrected chi connectivity index (χ1v) is 14.0. The van der Waals surface area contributed by atoms with Gasteiger partial charge in [-0.15, -0.1) is 0 Å². The number of carbonyl (C=O) groups excluding carboxylic acids is 1. The van der Waals surface area contributed by atoms with E-state index in [1.54, 1.807) is 6.33 Å². The highest BCUT2D eigenvalue weighted by molar-refractivity contribution is 14.1. The highest BCUT2D eigenvalue weighted by Crippen LogP contribution is 2.53. The van der Waals surface area contributed by atoms with E-state index in [1.807, 2.05) is 30.2 Å². The molecule has 0 amide bonds. The van der Waals surface area contributed by atoms with Crippen LogP contribution in [0.25, 0.3) is 10.8 Å². The van der Waals surface area contributed by atoms with Gasteiger partial charge < -0.3 is 29.9 Å². The first kappa shape index (κ1) is 25.6. The second kappa shape index (κ2) is 9.49. The molecule has 9 nitrogen and oxygen atoms in total. The SMILES string of the molecule is CC1(O)CCCN(c2c(O)c(OCC3(CO)CC3)c(C=O)c3c(I)ccc(N4Cc5cncnc5C4)c23)C1. The molecule has 3 N–H and O–H groups in total. The van der Waals surface area contributed by atoms with Crippen LogP contribution in [-0.2, 0) is 13.1 Å². The van der Waals surface area contributed by atoms with Crippen LogP contribution in [0.2, 0.25) is 0 Å². The molecule has 1 aromatic heterocycles. The van der Waals surface area contributed by atoms with Crippen LogP contribution in [0, 0.1) is 8.99 Å². The molecule has 0 radical (unpaired) electrons. The first-order chi connectivity index (χ1) is 18.3. The summed E-state index contributed by atoms with van der Waals surface area (Å²) in [5.41, 5.74) is 2.48. The number of hydrogen-bond donors (Lipinski definition) is 3. The number of hydrogen-bond acceptors (Lipinski definition) is 9. The zero-order valence-electron chi connectivity index (χ0n) is 21.3. The number of aromatic nitrogens is 2. The van der Waals surface area contributed by atoms with Crippen molar-refractivity contribution in [2.45, 2.75) is 51.3 Å². The number of halogens is 1. The average Bonchev–Trinajstić information content (AvgIpc) is 3.55. The van der Waals surface area contributed by atoms with E-state index < -0.39 is 5.60 Å². The monoisotopic (exact) mass is 630 g/mol. The summed E-state index contributed by atoms with van der Waals surface area (Å²) < 4.78 is 7.03. The molecule has 2 aromatic carbocycles. The molecule has 38 heavy (non-hydrogen) atoms. The van der Waals surface area contributed by atoms with Crippen LogP contribution in [0.4, 0.5) is 11.4 Å². The fourth-order valence-corrected chi connectivity index (χ4v) is 6.54. The van der Waals surface area contributed by atoms with Crippen LogP contribution < -0.4 is 14.5 Å². The molecule has 1 saturated heterocycles. The van der Waals surface area contributed by atoms with Crippen LogP contribution in [0.1, 0.15) is 54.2 Å². The zero-order valence-corrected chi connectivity index (χ0v) is 23.4. The fraction of sp³-hybridized carbons (Fsp3) is 0.464. The number of aromatic hydroxyl groups is 1. The number of benzene rings is 2. The molecule has 2 fully saturated rings. The average molecular weight is 630 g/mol. The number of aldehydes is 1. The van der Waals surface area contributed by atoms with Gasteiger partial charge in [0.15, 0.2) is 17.8 Å². The van der Waals surface area contributed by atoms with Gasteiger partial charge in [0.1, 0.15) is 6.33 Å². The molecule has 0 spiro atoms. The van der Waals surface area contributed by atoms with Crippen molar-refractivity contribution in [2.75, 3.05) is 36.1 Å². The number of β-amino-alcohol motifs (C(OH)–C–C–N with tert-alkyl or cyclic N) is 1. The van der Waals surface area contributed by atoms with E-state index in [0.717, 1.165) is 51.4 Å². The van der Waals surface area contributed by atoms with Crippen molar-refractivity contribution in [3.8, 4) is 11.5 Å². The molecule has 6 rings (SSSR count). The van der Waals surface area contributed by atoms with Crippen molar-refractivity contribution in [1.82, 2.24) is 9.97 Å². The Bertz CT molecular complexity index is 1400. The third-order valence-electron chi connectivity index (χ3n) is 8.17. The molecular weight excluding hydrogens is 599 g/mol. The molecule has 1 atom stereocenters. The molecule has 200 valence electrons. The largest absolute Gasteiger partial charge is 0.503 e. The van der Waals surface area contributed by atoms with E-state index >= 15 is 0 Å². The van der Waals surface area contributed by atoms with Crippen molar-refractivity contribution in [3.05, 3.63) is 45.0 Å². The Kier molecular flexibility index (Phi) is 6.39. The fourth-order valence-electron chi connectivity index (χ4n) is 5.80. The summed E-state index contributed by atoms with van der Waals surface area (Å²) in [6.45, 7) is 4.21. The highest BCUT2D eigenvalue weighted by atomic mass is 127. The Morgan fingerprint density at radius 1 is 1.18 bits per heavy atom. The maximum absolute atomic E-state index is 12.6. The molecule has 3 heterocycles. The van der Waals surface area contributed by atoms with E-state index in [1.165, 1.54) is 0 Å². The number of fused-ring (bicyclic) bond motifs is 2. The number of rotatable bonds is 7. The summed E-state index contributed by atoms with van der Waals surface area (Å²) >= 11 is 2.23. The molecule has 3 aromatic rings. The lowest BCUT2D eigenvalue weighted by molar-refractivity contribution is 0.0448. The molecule has 1 unspecified atom stereocenters. The van der Waals surface area contributed by atoms with E-state index in [-0.39, 0.29) is 30.1 Å². The van der Waals surface area contributed by atoms with Crippen molar-refractivity contribution in [3.63, 3.8) is 0 Å². The second-order valence-electron chi connectivity index (χ2n) is 11.2. The standard InChI is InChI=1S/C28H31IN4O5/c1-27(37)5-2-8-32(13-27)24-23-21(33-10-17-9-30-16-31-20(17)11-33)4-3-19(29)22(23)18(12-34)26(25(24)36)38-15-28(14-35)6-7-28/h3-4,9,12,16,35-37H,2,5-8,10-11,13-15H2,1H3. The smallest absolute Gasteiger partial charge is 0.183 e. The van der Waals surface area contributed by atoms with Gasteiger partial charge in [-0.1, -0.05) is 0 Å². The Labute approximate surface area is 234 Å². The minimum absolute atomic E-state index is 0.000288. The number of phenols is 1. The topological polar surface area (TPSA) is 119 Å². The van der Waals surface area contributed by atoms with Gasteiger partial charge in [0.2, 0.25) is 0 Å². The van der Waals surface area contributed by atoms with Gasteiger partial charge in [0.05, 0.1) is 42.3 Å². The highest BCUT2D eigenvalue weighted by Gasteiger charge is 2.44. The summed E-state index contributed by atoms with van der Waals surface area (Å²) in [6.07, 6.45) is 7.25. The van der Waals surface area contributed by atoms with Crippen LogP contribution in [0.3, 0.4) is 0 Å². The zero-order chi connectivity index (χ0) is 26.7. The van der Waals surface area contributed by atoms with Crippen LogP contribution >= 0.6 is 22.6 Å². The molecule has 10 heteroatoms. The summed E-state index contributed by atoms with van der Waals surface area (Å²) in [6, 6.07) is 4.00. The predicted octanol–water partition coefficient (Wildman–Crippen LogP) is 3.78. The summed E-state index contributed by atoms with van der Waals surface area (Å²) in [5.74, 6) is 0.0314. The quantitative estimate of drug-likeness (QED) is 0.265. The predicted molar refractivity (Wildman–Crippen MR) is 152 cm³/mol. The van der Waals surface area contributed by atoms with Crippen molar-refractivity contribution >= 4 is 51.0 Å². The maximum atomic E-state index is 12.6. The lowest BCUT2D eigenvalue weighted by Crippen LogP contribution is -2.46. The third kappa shape index (κ3) is 4.36. The molecule has 1 saturated carbocycles. The van der Waals surface area contributed by atoms with Crippen molar-refractivity contribution < 1.29 is 24.9 Å². The number of piperidine rings is 1. The second-order valence-corrected chi connectivity index (χ2v) is 12.4. The minimum atomic E-state index is -0.919.